The van der Waals surface area contributed by atoms with Crippen molar-refractivity contribution >= 4 is 50.5 Å². The van der Waals surface area contributed by atoms with Crippen molar-refractivity contribution in [3.8, 4) is 0 Å². The van der Waals surface area contributed by atoms with E-state index in [2.05, 4.69) is 15.5 Å². The third-order valence-electron chi connectivity index (χ3n) is 3.11. The summed E-state index contributed by atoms with van der Waals surface area (Å²) in [5.41, 5.74) is -0.452. The molecule has 2 N–H and O–H groups in total. The Kier molecular flexibility index (Phi) is 5.72. The second-order valence-corrected chi connectivity index (χ2v) is 8.30. The van der Waals surface area contributed by atoms with E-state index in [1.165, 1.54) is 12.1 Å². The highest BCUT2D eigenvalue weighted by molar-refractivity contribution is 8.15. The Morgan fingerprint density at radius 1 is 1.50 bits per heavy atom. The predicted molar refractivity (Wildman–Crippen MR) is 93.0 cm³/mol. The van der Waals surface area contributed by atoms with E-state index in [0.717, 1.165) is 30.3 Å². The number of sulfone groups is 1. The minimum absolute atomic E-state index is 0.0168. The number of nitro benzene ring substituents is 1. The monoisotopic (exact) mass is 400 g/mol. The van der Waals surface area contributed by atoms with Gasteiger partial charge in [0.2, 0.25) is 5.91 Å². The van der Waals surface area contributed by atoms with E-state index in [4.69, 9.17) is 5.11 Å². The number of carboxylic acid groups (broad SMARTS) is 1. The van der Waals surface area contributed by atoms with Crippen LogP contribution in [0.1, 0.15) is 12.0 Å². The second-order valence-electron chi connectivity index (χ2n) is 5.09. The first-order valence-electron chi connectivity index (χ1n) is 6.87. The van der Waals surface area contributed by atoms with Gasteiger partial charge < -0.3 is 10.4 Å². The topological polar surface area (TPSA) is 168 Å². The van der Waals surface area contributed by atoms with Gasteiger partial charge in [0.1, 0.15) is 5.25 Å². The van der Waals surface area contributed by atoms with Gasteiger partial charge in [0.15, 0.2) is 15.0 Å². The normalized spacial score (nSPS) is 19.0. The van der Waals surface area contributed by atoms with Gasteiger partial charge in [-0.25, -0.2) is 8.42 Å². The maximum atomic E-state index is 11.6. The summed E-state index contributed by atoms with van der Waals surface area (Å²) in [7, 11) is -3.61. The number of amidine groups is 1. The number of carbonyl (C=O) groups is 2. The number of rotatable bonds is 6. The minimum Gasteiger partial charge on any atom is -0.481 e. The zero-order valence-corrected chi connectivity index (χ0v) is 14.8. The SMILES string of the molecule is CS(=O)(=O)c1ccc(C=NN=C2NC(=O)C(CC(=O)O)S2)c([N+](=O)[O-])c1. The van der Waals surface area contributed by atoms with Gasteiger partial charge in [-0.2, -0.15) is 5.10 Å². The average Bonchev–Trinajstić information content (AvgIpc) is 2.85. The van der Waals surface area contributed by atoms with E-state index in [1.807, 2.05) is 0 Å². The van der Waals surface area contributed by atoms with E-state index in [9.17, 15) is 28.1 Å². The molecule has 1 atom stereocenters. The van der Waals surface area contributed by atoms with Crippen molar-refractivity contribution < 1.29 is 28.0 Å². The Bertz CT molecular complexity index is 940. The number of hydrogen-bond acceptors (Lipinski definition) is 9. The van der Waals surface area contributed by atoms with Crippen molar-refractivity contribution in [1.82, 2.24) is 5.32 Å². The highest BCUT2D eigenvalue weighted by Gasteiger charge is 2.32. The van der Waals surface area contributed by atoms with Gasteiger partial charge in [0.25, 0.3) is 5.69 Å². The third kappa shape index (κ3) is 4.86. The maximum absolute atomic E-state index is 11.6. The summed E-state index contributed by atoms with van der Waals surface area (Å²) in [6.07, 6.45) is 1.59. The summed E-state index contributed by atoms with van der Waals surface area (Å²) in [6, 6.07) is 3.33. The smallest absolute Gasteiger partial charge is 0.305 e. The Balaban J connectivity index is 2.22. The van der Waals surface area contributed by atoms with Crippen LogP contribution in [0.15, 0.2) is 33.3 Å². The Hall–Kier alpha value is -2.80. The molecule has 138 valence electrons. The molecule has 1 amide bonds. The van der Waals surface area contributed by atoms with Gasteiger partial charge in [-0.15, -0.1) is 5.10 Å². The van der Waals surface area contributed by atoms with Crippen molar-refractivity contribution in [3.63, 3.8) is 0 Å². The molecule has 1 aromatic rings. The fourth-order valence-electron chi connectivity index (χ4n) is 1.91. The number of carbonyl (C=O) groups excluding carboxylic acids is 1. The third-order valence-corrected chi connectivity index (χ3v) is 5.29. The van der Waals surface area contributed by atoms with Crippen LogP contribution in [0.4, 0.5) is 5.69 Å². The lowest BCUT2D eigenvalue weighted by molar-refractivity contribution is -0.385. The first-order valence-corrected chi connectivity index (χ1v) is 9.64. The quantitative estimate of drug-likeness (QED) is 0.393. The lowest BCUT2D eigenvalue weighted by Crippen LogP contribution is -2.26. The molecule has 1 fully saturated rings. The highest BCUT2D eigenvalue weighted by Crippen LogP contribution is 2.23. The summed E-state index contributed by atoms with van der Waals surface area (Å²) in [4.78, 5) is 32.3. The van der Waals surface area contributed by atoms with Crippen LogP contribution in [0.3, 0.4) is 0 Å². The van der Waals surface area contributed by atoms with Gasteiger partial charge in [-0.3, -0.25) is 19.7 Å². The standard InChI is InChI=1S/C13H12N4O7S2/c1-26(23,24)8-3-2-7(9(4-8)17(21)22)6-14-16-13-15-12(20)10(25-13)5-11(18)19/h2-4,6,10H,5H2,1H3,(H,18,19)(H,15,16,20). The minimum atomic E-state index is -3.61. The number of hydrogen-bond donors (Lipinski definition) is 2. The molecular weight excluding hydrogens is 388 g/mol. The first kappa shape index (κ1) is 19.5. The van der Waals surface area contributed by atoms with Crippen LogP contribution in [0.2, 0.25) is 0 Å². The van der Waals surface area contributed by atoms with Crippen LogP contribution in [0, 0.1) is 10.1 Å². The summed E-state index contributed by atoms with van der Waals surface area (Å²) >= 11 is 0.880. The number of aliphatic carboxylic acids is 1. The Morgan fingerprint density at radius 2 is 2.19 bits per heavy atom. The number of nitro groups is 1. The van der Waals surface area contributed by atoms with Gasteiger partial charge >= 0.3 is 5.97 Å². The molecule has 0 spiro atoms. The fraction of sp³-hybridized carbons (Fsp3) is 0.231. The molecule has 13 heteroatoms. The lowest BCUT2D eigenvalue weighted by Gasteiger charge is -2.00. The Morgan fingerprint density at radius 3 is 2.77 bits per heavy atom. The van der Waals surface area contributed by atoms with Crippen molar-refractivity contribution in [1.29, 1.82) is 0 Å². The average molecular weight is 400 g/mol. The molecule has 0 aromatic heterocycles. The molecule has 2 rings (SSSR count). The number of nitrogens with zero attached hydrogens (tertiary/aromatic N) is 3. The summed E-state index contributed by atoms with van der Waals surface area (Å²) in [5.74, 6) is -1.65. The van der Waals surface area contributed by atoms with Crippen molar-refractivity contribution in [2.24, 2.45) is 10.2 Å². The largest absolute Gasteiger partial charge is 0.481 e. The van der Waals surface area contributed by atoms with E-state index >= 15 is 0 Å². The van der Waals surface area contributed by atoms with Gasteiger partial charge in [-0.1, -0.05) is 11.8 Å². The fourth-order valence-corrected chi connectivity index (χ4v) is 3.47. The molecule has 0 aliphatic carbocycles. The zero-order chi connectivity index (χ0) is 19.5. The molecule has 1 unspecified atom stereocenters. The highest BCUT2D eigenvalue weighted by atomic mass is 32.2. The molecule has 1 heterocycles. The molecule has 0 saturated carbocycles. The molecule has 1 aliphatic heterocycles. The van der Waals surface area contributed by atoms with E-state index in [-0.39, 0.29) is 22.0 Å². The van der Waals surface area contributed by atoms with Crippen LogP contribution in [0.25, 0.3) is 0 Å². The predicted octanol–water partition coefficient (Wildman–Crippen LogP) is 0.395. The zero-order valence-electron chi connectivity index (χ0n) is 13.1. The van der Waals surface area contributed by atoms with Crippen molar-refractivity contribution in [3.05, 3.63) is 33.9 Å². The number of thioether (sulfide) groups is 1. The van der Waals surface area contributed by atoms with Crippen LogP contribution in [-0.4, -0.2) is 53.2 Å². The lowest BCUT2D eigenvalue weighted by atomic mass is 10.2. The maximum Gasteiger partial charge on any atom is 0.305 e. The molecule has 0 radical (unpaired) electrons. The number of amides is 1. The van der Waals surface area contributed by atoms with Crippen LogP contribution in [-0.2, 0) is 19.4 Å². The summed E-state index contributed by atoms with van der Waals surface area (Å²) < 4.78 is 23.0. The van der Waals surface area contributed by atoms with E-state index < -0.39 is 37.6 Å². The van der Waals surface area contributed by atoms with E-state index in [1.54, 1.807) is 0 Å². The molecule has 1 aromatic carbocycles. The number of carboxylic acids is 1. The van der Waals surface area contributed by atoms with Gasteiger partial charge in [0.05, 0.1) is 28.0 Å². The van der Waals surface area contributed by atoms with Crippen LogP contribution >= 0.6 is 11.8 Å². The van der Waals surface area contributed by atoms with Gasteiger partial charge in [0, 0.05) is 12.3 Å². The summed E-state index contributed by atoms with van der Waals surface area (Å²) in [5, 5.41) is 28.7. The molecule has 0 bridgehead atoms. The number of benzene rings is 1. The second kappa shape index (κ2) is 7.61. The van der Waals surface area contributed by atoms with Crippen molar-refractivity contribution in [2.45, 2.75) is 16.6 Å². The molecular formula is C13H12N4O7S2. The molecule has 11 nitrogen and oxygen atoms in total. The number of nitrogens with one attached hydrogen (secondary N) is 1. The van der Waals surface area contributed by atoms with Gasteiger partial charge in [-0.05, 0) is 12.1 Å². The van der Waals surface area contributed by atoms with Crippen molar-refractivity contribution in [2.75, 3.05) is 6.26 Å². The summed E-state index contributed by atoms with van der Waals surface area (Å²) in [6.45, 7) is 0. The van der Waals surface area contributed by atoms with E-state index in [0.29, 0.717) is 0 Å². The Labute approximate surface area is 151 Å². The molecule has 1 saturated heterocycles. The molecule has 1 aliphatic rings. The van der Waals surface area contributed by atoms with Crippen LogP contribution in [0.5, 0.6) is 0 Å². The molecule has 26 heavy (non-hydrogen) atoms. The first-order chi connectivity index (χ1) is 12.1. The van der Waals surface area contributed by atoms with Crippen LogP contribution < -0.4 is 5.32 Å².